The maximum absolute atomic E-state index is 13.1. The fraction of sp³-hybridized carbons (Fsp3) is 0.588. The van der Waals surface area contributed by atoms with Crippen molar-refractivity contribution in [2.75, 3.05) is 13.1 Å². The molecule has 6 heteroatoms. The predicted octanol–water partition coefficient (Wildman–Crippen LogP) is 2.29. The van der Waals surface area contributed by atoms with E-state index in [0.29, 0.717) is 11.4 Å². The number of hydrogen-bond donors (Lipinski definition) is 1. The second kappa shape index (κ2) is 6.24. The van der Waals surface area contributed by atoms with Crippen LogP contribution in [0.15, 0.2) is 17.0 Å². The average Bonchev–Trinajstić information content (AvgIpc) is 2.35. The molecule has 0 saturated carbocycles. The van der Waals surface area contributed by atoms with Crippen molar-refractivity contribution in [2.45, 2.75) is 57.9 Å². The summed E-state index contributed by atoms with van der Waals surface area (Å²) in [7, 11) is -3.69. The molecule has 23 heavy (non-hydrogen) atoms. The molecule has 0 bridgehead atoms. The quantitative estimate of drug-likeness (QED) is 0.916. The third kappa shape index (κ3) is 3.58. The third-order valence-corrected chi connectivity index (χ3v) is 6.39. The van der Waals surface area contributed by atoms with Crippen LogP contribution < -0.4 is 5.32 Å². The van der Waals surface area contributed by atoms with E-state index < -0.39 is 15.6 Å². The van der Waals surface area contributed by atoms with E-state index in [4.69, 9.17) is 0 Å². The molecular formula is C17H26N2O3S. The summed E-state index contributed by atoms with van der Waals surface area (Å²) in [6.45, 7) is 9.69. The fourth-order valence-electron chi connectivity index (χ4n) is 3.59. The van der Waals surface area contributed by atoms with Gasteiger partial charge in [0.05, 0.1) is 17.0 Å². The number of piperazine rings is 1. The van der Waals surface area contributed by atoms with Crippen molar-refractivity contribution in [3.63, 3.8) is 0 Å². The van der Waals surface area contributed by atoms with Gasteiger partial charge in [-0.05, 0) is 45.2 Å². The van der Waals surface area contributed by atoms with Crippen LogP contribution in [0.1, 0.15) is 43.4 Å². The summed E-state index contributed by atoms with van der Waals surface area (Å²) in [4.78, 5) is 12.4. The highest BCUT2D eigenvalue weighted by atomic mass is 32.2. The molecule has 1 heterocycles. The van der Waals surface area contributed by atoms with Gasteiger partial charge in [0.25, 0.3) is 0 Å². The molecule has 0 radical (unpaired) electrons. The Balaban J connectivity index is 2.45. The highest BCUT2D eigenvalue weighted by Gasteiger charge is 2.40. The molecule has 1 atom stereocenters. The number of sulfonamides is 1. The van der Waals surface area contributed by atoms with Gasteiger partial charge in [0, 0.05) is 6.54 Å². The lowest BCUT2D eigenvalue weighted by atomic mass is 9.94. The minimum atomic E-state index is -3.69. The summed E-state index contributed by atoms with van der Waals surface area (Å²) >= 11 is 0. The van der Waals surface area contributed by atoms with Crippen molar-refractivity contribution in [3.05, 3.63) is 28.8 Å². The zero-order chi connectivity index (χ0) is 17.4. The molecule has 1 amide bonds. The van der Waals surface area contributed by atoms with E-state index in [-0.39, 0.29) is 12.5 Å². The van der Waals surface area contributed by atoms with Crippen molar-refractivity contribution in [3.8, 4) is 0 Å². The van der Waals surface area contributed by atoms with Gasteiger partial charge in [-0.1, -0.05) is 31.0 Å². The average molecular weight is 338 g/mol. The standard InChI is InChI=1S/C17H26N2O3S/c1-6-7-17(5)11-19(10-15(20)18-17)23(21,22)16-13(3)8-12(2)9-14(16)4/h8-9H,6-7,10-11H2,1-5H3,(H,18,20). The summed E-state index contributed by atoms with van der Waals surface area (Å²) < 4.78 is 27.6. The Bertz CT molecular complexity index is 704. The molecule has 1 aliphatic rings. The Kier molecular flexibility index (Phi) is 4.87. The molecule has 1 unspecified atom stereocenters. The van der Waals surface area contributed by atoms with E-state index in [1.54, 1.807) is 0 Å². The maximum Gasteiger partial charge on any atom is 0.244 e. The van der Waals surface area contributed by atoms with Gasteiger partial charge in [0.1, 0.15) is 0 Å². The van der Waals surface area contributed by atoms with Gasteiger partial charge in [-0.2, -0.15) is 4.31 Å². The lowest BCUT2D eigenvalue weighted by molar-refractivity contribution is -0.125. The van der Waals surface area contributed by atoms with Crippen molar-refractivity contribution in [2.24, 2.45) is 0 Å². The number of benzene rings is 1. The Labute approximate surface area is 139 Å². The summed E-state index contributed by atoms with van der Waals surface area (Å²) in [6, 6.07) is 3.74. The fourth-order valence-corrected chi connectivity index (χ4v) is 5.52. The summed E-state index contributed by atoms with van der Waals surface area (Å²) in [5.74, 6) is -0.238. The molecule has 1 fully saturated rings. The van der Waals surface area contributed by atoms with Crippen LogP contribution in [0.4, 0.5) is 0 Å². The van der Waals surface area contributed by atoms with Crippen LogP contribution >= 0.6 is 0 Å². The van der Waals surface area contributed by atoms with E-state index in [0.717, 1.165) is 29.5 Å². The number of rotatable bonds is 4. The van der Waals surface area contributed by atoms with Gasteiger partial charge in [-0.3, -0.25) is 4.79 Å². The molecule has 0 aromatic heterocycles. The second-order valence-electron chi connectivity index (χ2n) is 6.86. The van der Waals surface area contributed by atoms with Crippen molar-refractivity contribution in [1.29, 1.82) is 0 Å². The van der Waals surface area contributed by atoms with Gasteiger partial charge in [-0.25, -0.2) is 8.42 Å². The molecule has 2 rings (SSSR count). The van der Waals surface area contributed by atoms with Crippen LogP contribution in [0.2, 0.25) is 0 Å². The molecule has 1 saturated heterocycles. The number of hydrogen-bond acceptors (Lipinski definition) is 3. The number of carbonyl (C=O) groups is 1. The zero-order valence-corrected chi connectivity index (χ0v) is 15.4. The lowest BCUT2D eigenvalue weighted by Gasteiger charge is -2.40. The van der Waals surface area contributed by atoms with Crippen LogP contribution in [0.25, 0.3) is 0 Å². The summed E-state index contributed by atoms with van der Waals surface area (Å²) in [5.41, 5.74) is 1.98. The Morgan fingerprint density at radius 2 is 1.78 bits per heavy atom. The smallest absolute Gasteiger partial charge is 0.244 e. The first-order chi connectivity index (χ1) is 10.6. The first-order valence-electron chi connectivity index (χ1n) is 7.98. The molecule has 1 aliphatic heterocycles. The van der Waals surface area contributed by atoms with Crippen LogP contribution in [0.5, 0.6) is 0 Å². The predicted molar refractivity (Wildman–Crippen MR) is 90.9 cm³/mol. The van der Waals surface area contributed by atoms with Gasteiger partial charge in [-0.15, -0.1) is 0 Å². The zero-order valence-electron chi connectivity index (χ0n) is 14.6. The van der Waals surface area contributed by atoms with Gasteiger partial charge < -0.3 is 5.32 Å². The molecule has 5 nitrogen and oxygen atoms in total. The van der Waals surface area contributed by atoms with Crippen molar-refractivity contribution < 1.29 is 13.2 Å². The number of amides is 1. The van der Waals surface area contributed by atoms with E-state index in [9.17, 15) is 13.2 Å². The van der Waals surface area contributed by atoms with Gasteiger partial charge in [0.2, 0.25) is 15.9 Å². The Hall–Kier alpha value is -1.40. The maximum atomic E-state index is 13.1. The van der Waals surface area contributed by atoms with E-state index in [1.165, 1.54) is 4.31 Å². The summed E-state index contributed by atoms with van der Waals surface area (Å²) in [6.07, 6.45) is 1.63. The molecule has 1 aromatic rings. The Morgan fingerprint density at radius 3 is 2.30 bits per heavy atom. The van der Waals surface area contributed by atoms with Crippen LogP contribution in [-0.2, 0) is 14.8 Å². The normalized spacial score (nSPS) is 22.9. The number of nitrogens with one attached hydrogen (secondary N) is 1. The number of nitrogens with zero attached hydrogens (tertiary/aromatic N) is 1. The van der Waals surface area contributed by atoms with E-state index in [1.807, 2.05) is 46.8 Å². The minimum Gasteiger partial charge on any atom is -0.348 e. The number of carbonyl (C=O) groups excluding carboxylic acids is 1. The molecule has 0 aliphatic carbocycles. The molecule has 1 N–H and O–H groups in total. The number of aryl methyl sites for hydroxylation is 3. The monoisotopic (exact) mass is 338 g/mol. The largest absolute Gasteiger partial charge is 0.348 e. The minimum absolute atomic E-state index is 0.117. The van der Waals surface area contributed by atoms with Crippen LogP contribution in [0, 0.1) is 20.8 Å². The summed E-state index contributed by atoms with van der Waals surface area (Å²) in [5, 5.41) is 2.94. The SMILES string of the molecule is CCCC1(C)CN(S(=O)(=O)c2c(C)cc(C)cc2C)CC(=O)N1. The van der Waals surface area contributed by atoms with Crippen LogP contribution in [-0.4, -0.2) is 37.3 Å². The Morgan fingerprint density at radius 1 is 1.22 bits per heavy atom. The van der Waals surface area contributed by atoms with E-state index in [2.05, 4.69) is 5.32 Å². The van der Waals surface area contributed by atoms with Crippen LogP contribution in [0.3, 0.4) is 0 Å². The molecule has 1 aromatic carbocycles. The van der Waals surface area contributed by atoms with Crippen molar-refractivity contribution in [1.82, 2.24) is 9.62 Å². The first kappa shape index (κ1) is 17.9. The highest BCUT2D eigenvalue weighted by molar-refractivity contribution is 7.89. The first-order valence-corrected chi connectivity index (χ1v) is 9.42. The topological polar surface area (TPSA) is 66.5 Å². The van der Waals surface area contributed by atoms with Gasteiger partial charge in [0.15, 0.2) is 0 Å². The molecule has 128 valence electrons. The van der Waals surface area contributed by atoms with Gasteiger partial charge >= 0.3 is 0 Å². The molecule has 0 spiro atoms. The highest BCUT2D eigenvalue weighted by Crippen LogP contribution is 2.28. The third-order valence-electron chi connectivity index (χ3n) is 4.29. The second-order valence-corrected chi connectivity index (χ2v) is 8.73. The van der Waals surface area contributed by atoms with E-state index >= 15 is 0 Å². The van der Waals surface area contributed by atoms with Crippen molar-refractivity contribution >= 4 is 15.9 Å². The molecular weight excluding hydrogens is 312 g/mol. The lowest BCUT2D eigenvalue weighted by Crippen LogP contribution is -2.62.